The molecule has 1 fully saturated rings. The lowest BCUT2D eigenvalue weighted by Crippen LogP contribution is -2.38. The third-order valence-electron chi connectivity index (χ3n) is 5.28. The molecule has 0 atom stereocenters. The number of terminal acetylenes is 1. The highest BCUT2D eigenvalue weighted by Crippen LogP contribution is 2.28. The molecule has 0 aliphatic carbocycles. The van der Waals surface area contributed by atoms with E-state index in [1.807, 2.05) is 36.4 Å². The fourth-order valence-electron chi connectivity index (χ4n) is 3.56. The molecule has 0 unspecified atom stereocenters. The normalized spacial score (nSPS) is 14.1. The van der Waals surface area contributed by atoms with Gasteiger partial charge in [0.15, 0.2) is 0 Å². The van der Waals surface area contributed by atoms with Gasteiger partial charge in [-0.15, -0.1) is 6.42 Å². The molecule has 1 saturated heterocycles. The molecule has 0 radical (unpaired) electrons. The zero-order chi connectivity index (χ0) is 22.9. The lowest BCUT2D eigenvalue weighted by molar-refractivity contribution is 0.0322. The molecular formula is C25H28N4O4. The lowest BCUT2D eigenvalue weighted by Gasteiger charge is -2.26. The first kappa shape index (κ1) is 22.8. The molecule has 0 bridgehead atoms. The standard InChI is InChI=1S/C25H28N4O4/c1-3-19-14-20(16-22(15-19)32-11-8-29-6-9-31-10-7-29)28-25-23-5-4-21(33-13-12-30-2)17-24(23)26-18-27-25/h1,4-5,14-18H,6-13H2,2H3,(H,26,27,28). The van der Waals surface area contributed by atoms with Crippen LogP contribution in [0.4, 0.5) is 11.5 Å². The van der Waals surface area contributed by atoms with Crippen molar-refractivity contribution in [3.63, 3.8) is 0 Å². The Morgan fingerprint density at radius 2 is 1.88 bits per heavy atom. The Kier molecular flexibility index (Phi) is 7.93. The second-order valence-electron chi connectivity index (χ2n) is 7.56. The van der Waals surface area contributed by atoms with E-state index in [1.54, 1.807) is 7.11 Å². The first-order valence-electron chi connectivity index (χ1n) is 10.9. The SMILES string of the molecule is C#Cc1cc(Nc2ncnc3cc(OCCOC)ccc23)cc(OCCN2CCOCC2)c1. The predicted molar refractivity (Wildman–Crippen MR) is 127 cm³/mol. The van der Waals surface area contributed by atoms with Crippen molar-refractivity contribution >= 4 is 22.4 Å². The number of hydrogen-bond donors (Lipinski definition) is 1. The van der Waals surface area contributed by atoms with Crippen LogP contribution in [0, 0.1) is 12.3 Å². The van der Waals surface area contributed by atoms with Gasteiger partial charge in [-0.2, -0.15) is 0 Å². The predicted octanol–water partition coefficient (Wildman–Crippen LogP) is 3.09. The largest absolute Gasteiger partial charge is 0.492 e. The second-order valence-corrected chi connectivity index (χ2v) is 7.56. The van der Waals surface area contributed by atoms with Crippen LogP contribution in [0.15, 0.2) is 42.7 Å². The lowest BCUT2D eigenvalue weighted by atomic mass is 10.1. The summed E-state index contributed by atoms with van der Waals surface area (Å²) in [6, 6.07) is 11.4. The molecule has 8 heteroatoms. The van der Waals surface area contributed by atoms with E-state index in [1.165, 1.54) is 6.33 Å². The first-order chi connectivity index (χ1) is 16.2. The molecule has 172 valence electrons. The summed E-state index contributed by atoms with van der Waals surface area (Å²) in [5.41, 5.74) is 2.30. The highest BCUT2D eigenvalue weighted by Gasteiger charge is 2.11. The number of aromatic nitrogens is 2. The number of ether oxygens (including phenoxy) is 4. The van der Waals surface area contributed by atoms with Crippen LogP contribution in [0.1, 0.15) is 5.56 Å². The van der Waals surface area contributed by atoms with Crippen molar-refractivity contribution in [2.45, 2.75) is 0 Å². The van der Waals surface area contributed by atoms with Gasteiger partial charge in [-0.1, -0.05) is 5.92 Å². The van der Waals surface area contributed by atoms with Crippen molar-refractivity contribution in [3.8, 4) is 23.8 Å². The first-order valence-corrected chi connectivity index (χ1v) is 10.9. The molecule has 1 aliphatic rings. The molecule has 0 amide bonds. The minimum absolute atomic E-state index is 0.478. The second kappa shape index (κ2) is 11.5. The van der Waals surface area contributed by atoms with E-state index in [-0.39, 0.29) is 0 Å². The van der Waals surface area contributed by atoms with Gasteiger partial charge in [-0.05, 0) is 24.3 Å². The molecule has 3 aromatic rings. The van der Waals surface area contributed by atoms with Crippen LogP contribution in [0.3, 0.4) is 0 Å². The topological polar surface area (TPSA) is 78.0 Å². The third kappa shape index (κ3) is 6.33. The average Bonchev–Trinajstić information content (AvgIpc) is 2.85. The molecule has 0 spiro atoms. The zero-order valence-electron chi connectivity index (χ0n) is 18.8. The highest BCUT2D eigenvalue weighted by molar-refractivity contribution is 5.91. The Hall–Kier alpha value is -3.38. The van der Waals surface area contributed by atoms with Gasteiger partial charge in [0, 0.05) is 55.5 Å². The van der Waals surface area contributed by atoms with Crippen molar-refractivity contribution in [1.29, 1.82) is 0 Å². The van der Waals surface area contributed by atoms with Crippen LogP contribution in [-0.2, 0) is 9.47 Å². The van der Waals surface area contributed by atoms with E-state index < -0.39 is 0 Å². The van der Waals surface area contributed by atoms with Gasteiger partial charge >= 0.3 is 0 Å². The number of fused-ring (bicyclic) bond motifs is 1. The maximum Gasteiger partial charge on any atom is 0.141 e. The van der Waals surface area contributed by atoms with Crippen molar-refractivity contribution in [1.82, 2.24) is 14.9 Å². The Morgan fingerprint density at radius 1 is 1.03 bits per heavy atom. The maximum absolute atomic E-state index is 6.00. The number of hydrogen-bond acceptors (Lipinski definition) is 8. The number of morpholine rings is 1. The molecule has 2 heterocycles. The third-order valence-corrected chi connectivity index (χ3v) is 5.28. The summed E-state index contributed by atoms with van der Waals surface area (Å²) in [5, 5.41) is 4.23. The summed E-state index contributed by atoms with van der Waals surface area (Å²) < 4.78 is 22.1. The molecule has 1 aromatic heterocycles. The minimum atomic E-state index is 0.478. The van der Waals surface area contributed by atoms with Gasteiger partial charge in [-0.25, -0.2) is 9.97 Å². The van der Waals surface area contributed by atoms with Crippen LogP contribution in [0.25, 0.3) is 10.9 Å². The van der Waals surface area contributed by atoms with Crippen LogP contribution >= 0.6 is 0 Å². The van der Waals surface area contributed by atoms with Crippen molar-refractivity contribution in [3.05, 3.63) is 48.3 Å². The maximum atomic E-state index is 6.00. The van der Waals surface area contributed by atoms with E-state index in [0.717, 1.165) is 60.8 Å². The fraction of sp³-hybridized carbons (Fsp3) is 0.360. The number of nitrogens with one attached hydrogen (secondary N) is 1. The Labute approximate surface area is 193 Å². The molecule has 33 heavy (non-hydrogen) atoms. The summed E-state index contributed by atoms with van der Waals surface area (Å²) in [5.74, 6) is 4.82. The number of rotatable bonds is 10. The minimum Gasteiger partial charge on any atom is -0.492 e. The van der Waals surface area contributed by atoms with Crippen LogP contribution in [-0.4, -0.2) is 74.6 Å². The summed E-state index contributed by atoms with van der Waals surface area (Å²) in [4.78, 5) is 11.1. The molecule has 0 saturated carbocycles. The average molecular weight is 449 g/mol. The summed E-state index contributed by atoms with van der Waals surface area (Å²) in [6.45, 7) is 5.83. The van der Waals surface area contributed by atoms with Gasteiger partial charge < -0.3 is 24.3 Å². The van der Waals surface area contributed by atoms with Crippen molar-refractivity contribution in [2.24, 2.45) is 0 Å². The van der Waals surface area contributed by atoms with E-state index in [4.69, 9.17) is 25.4 Å². The van der Waals surface area contributed by atoms with Crippen molar-refractivity contribution < 1.29 is 18.9 Å². The fourth-order valence-corrected chi connectivity index (χ4v) is 3.56. The quantitative estimate of drug-likeness (QED) is 0.375. The van der Waals surface area contributed by atoms with Gasteiger partial charge in [0.25, 0.3) is 0 Å². The molecule has 1 aliphatic heterocycles. The molecule has 4 rings (SSSR count). The van der Waals surface area contributed by atoms with Crippen molar-refractivity contribution in [2.75, 3.05) is 65.1 Å². The van der Waals surface area contributed by atoms with Crippen LogP contribution in [0.5, 0.6) is 11.5 Å². The van der Waals surface area contributed by atoms with E-state index in [0.29, 0.717) is 31.4 Å². The van der Waals surface area contributed by atoms with E-state index in [2.05, 4.69) is 26.1 Å². The smallest absolute Gasteiger partial charge is 0.141 e. The number of anilines is 2. The van der Waals surface area contributed by atoms with E-state index >= 15 is 0 Å². The molecular weight excluding hydrogens is 420 g/mol. The van der Waals surface area contributed by atoms with Crippen LogP contribution < -0.4 is 14.8 Å². The van der Waals surface area contributed by atoms with Crippen LogP contribution in [0.2, 0.25) is 0 Å². The van der Waals surface area contributed by atoms with Gasteiger partial charge in [0.2, 0.25) is 0 Å². The number of nitrogens with zero attached hydrogens (tertiary/aromatic N) is 3. The molecule has 1 N–H and O–H groups in total. The van der Waals surface area contributed by atoms with Gasteiger partial charge in [0.1, 0.15) is 36.9 Å². The number of methoxy groups -OCH3 is 1. The van der Waals surface area contributed by atoms with Gasteiger partial charge in [-0.3, -0.25) is 4.90 Å². The summed E-state index contributed by atoms with van der Waals surface area (Å²) in [7, 11) is 1.64. The Morgan fingerprint density at radius 3 is 2.70 bits per heavy atom. The Balaban J connectivity index is 1.47. The Bertz CT molecular complexity index is 1110. The number of benzene rings is 2. The summed E-state index contributed by atoms with van der Waals surface area (Å²) in [6.07, 6.45) is 7.20. The summed E-state index contributed by atoms with van der Waals surface area (Å²) >= 11 is 0. The zero-order valence-corrected chi connectivity index (χ0v) is 18.8. The monoisotopic (exact) mass is 448 g/mol. The highest BCUT2D eigenvalue weighted by atomic mass is 16.5. The van der Waals surface area contributed by atoms with E-state index in [9.17, 15) is 0 Å². The molecule has 2 aromatic carbocycles. The molecule has 8 nitrogen and oxygen atoms in total. The van der Waals surface area contributed by atoms with Gasteiger partial charge in [0.05, 0.1) is 25.3 Å².